The number of halogens is 1. The molecule has 6 nitrogen and oxygen atoms in total. The summed E-state index contributed by atoms with van der Waals surface area (Å²) in [5.74, 6) is 1.41. The molecule has 3 rings (SSSR count). The molecule has 0 unspecified atom stereocenters. The molecule has 0 spiro atoms. The number of hydrogen-bond acceptors (Lipinski definition) is 5. The summed E-state index contributed by atoms with van der Waals surface area (Å²) in [5, 5.41) is 4.75. The van der Waals surface area contributed by atoms with E-state index in [1.807, 2.05) is 30.9 Å². The van der Waals surface area contributed by atoms with Crippen molar-refractivity contribution in [3.05, 3.63) is 35.2 Å². The van der Waals surface area contributed by atoms with E-state index in [0.717, 1.165) is 31.7 Å². The van der Waals surface area contributed by atoms with Crippen molar-refractivity contribution in [3.63, 3.8) is 0 Å². The van der Waals surface area contributed by atoms with Crippen molar-refractivity contribution in [2.24, 2.45) is 5.92 Å². The summed E-state index contributed by atoms with van der Waals surface area (Å²) in [6.07, 6.45) is 0. The maximum Gasteiger partial charge on any atom is 0.244 e. The highest BCUT2D eigenvalue weighted by atomic mass is 35.5. The molecule has 0 aliphatic carbocycles. The predicted octanol–water partition coefficient (Wildman–Crippen LogP) is 3.25. The van der Waals surface area contributed by atoms with Crippen LogP contribution in [0.3, 0.4) is 0 Å². The third kappa shape index (κ3) is 4.02. The Kier molecular flexibility index (Phi) is 5.39. The van der Waals surface area contributed by atoms with Gasteiger partial charge in [0.05, 0.1) is 6.04 Å². The average molecular weight is 363 g/mol. The normalized spacial score (nSPS) is 17.1. The first-order chi connectivity index (χ1) is 12.0. The number of benzene rings is 1. The van der Waals surface area contributed by atoms with Crippen molar-refractivity contribution in [3.8, 4) is 11.4 Å². The lowest BCUT2D eigenvalue weighted by Gasteiger charge is -2.37. The molecule has 1 saturated heterocycles. The molecule has 1 atom stereocenters. The Balaban J connectivity index is 1.63. The van der Waals surface area contributed by atoms with Gasteiger partial charge in [0.25, 0.3) is 0 Å². The van der Waals surface area contributed by atoms with Crippen LogP contribution in [0.1, 0.15) is 32.7 Å². The van der Waals surface area contributed by atoms with Gasteiger partial charge >= 0.3 is 0 Å². The summed E-state index contributed by atoms with van der Waals surface area (Å²) in [6, 6.07) is 7.38. The number of aromatic nitrogens is 2. The van der Waals surface area contributed by atoms with Crippen molar-refractivity contribution in [2.45, 2.75) is 26.8 Å². The van der Waals surface area contributed by atoms with Crippen molar-refractivity contribution in [2.75, 3.05) is 26.2 Å². The van der Waals surface area contributed by atoms with Crippen LogP contribution in [-0.2, 0) is 4.79 Å². The Morgan fingerprint density at radius 3 is 2.36 bits per heavy atom. The van der Waals surface area contributed by atoms with Gasteiger partial charge in [-0.2, -0.15) is 4.98 Å². The third-order valence-electron chi connectivity index (χ3n) is 4.57. The number of nitrogens with zero attached hydrogens (tertiary/aromatic N) is 4. The predicted molar refractivity (Wildman–Crippen MR) is 96.2 cm³/mol. The van der Waals surface area contributed by atoms with E-state index in [0.29, 0.717) is 16.7 Å². The lowest BCUT2D eigenvalue weighted by molar-refractivity contribution is -0.136. The summed E-state index contributed by atoms with van der Waals surface area (Å²) < 4.78 is 5.46. The highest BCUT2D eigenvalue weighted by Crippen LogP contribution is 2.24. The van der Waals surface area contributed by atoms with E-state index >= 15 is 0 Å². The third-order valence-corrected chi connectivity index (χ3v) is 4.82. The number of amides is 1. The summed E-state index contributed by atoms with van der Waals surface area (Å²) in [7, 11) is 0. The van der Waals surface area contributed by atoms with Crippen LogP contribution in [0.4, 0.5) is 0 Å². The second-order valence-corrected chi connectivity index (χ2v) is 7.09. The first-order valence-electron chi connectivity index (χ1n) is 8.58. The standard InChI is InChI=1S/C18H23ClN4O2/c1-12(2)18(24)23-10-8-22(9-11-23)13(3)17-20-16(21-25-17)14-4-6-15(19)7-5-14/h4-7,12-13H,8-11H2,1-3H3/t13-/m1/s1. The number of rotatable bonds is 4. The highest BCUT2D eigenvalue weighted by molar-refractivity contribution is 6.30. The van der Waals surface area contributed by atoms with E-state index in [9.17, 15) is 4.79 Å². The lowest BCUT2D eigenvalue weighted by Crippen LogP contribution is -2.50. The minimum absolute atomic E-state index is 0.0184. The van der Waals surface area contributed by atoms with Gasteiger partial charge in [-0.1, -0.05) is 30.6 Å². The molecular weight excluding hydrogens is 340 g/mol. The molecule has 0 N–H and O–H groups in total. The van der Waals surface area contributed by atoms with Gasteiger partial charge < -0.3 is 9.42 Å². The van der Waals surface area contributed by atoms with Gasteiger partial charge in [0.15, 0.2) is 0 Å². The molecule has 7 heteroatoms. The fourth-order valence-electron chi connectivity index (χ4n) is 2.97. The van der Waals surface area contributed by atoms with Crippen LogP contribution in [0.15, 0.2) is 28.8 Å². The SMILES string of the molecule is CC(C)C(=O)N1CCN([C@H](C)c2nc(-c3ccc(Cl)cc3)no2)CC1. The second-order valence-electron chi connectivity index (χ2n) is 6.66. The van der Waals surface area contributed by atoms with Crippen LogP contribution in [0.2, 0.25) is 5.02 Å². The van der Waals surface area contributed by atoms with Gasteiger partial charge in [-0.15, -0.1) is 0 Å². The second kappa shape index (κ2) is 7.54. The summed E-state index contributed by atoms with van der Waals surface area (Å²) in [6.45, 7) is 9.01. The summed E-state index contributed by atoms with van der Waals surface area (Å²) >= 11 is 5.91. The minimum atomic E-state index is 0.0184. The molecule has 1 aromatic heterocycles. The number of hydrogen-bond donors (Lipinski definition) is 0. The Morgan fingerprint density at radius 1 is 1.12 bits per heavy atom. The van der Waals surface area contributed by atoms with Gasteiger partial charge in [-0.25, -0.2) is 0 Å². The Bertz CT molecular complexity index is 721. The molecule has 25 heavy (non-hydrogen) atoms. The molecular formula is C18H23ClN4O2. The average Bonchev–Trinajstić information content (AvgIpc) is 3.11. The maximum absolute atomic E-state index is 12.1. The van der Waals surface area contributed by atoms with Crippen molar-refractivity contribution in [1.82, 2.24) is 19.9 Å². The molecule has 1 fully saturated rings. The molecule has 1 amide bonds. The van der Waals surface area contributed by atoms with E-state index in [1.54, 1.807) is 12.1 Å². The molecule has 2 heterocycles. The molecule has 0 radical (unpaired) electrons. The highest BCUT2D eigenvalue weighted by Gasteiger charge is 2.28. The molecule has 134 valence electrons. The maximum atomic E-state index is 12.1. The molecule has 0 saturated carbocycles. The number of carbonyl (C=O) groups is 1. The van der Waals surface area contributed by atoms with Gasteiger partial charge in [-0.05, 0) is 31.2 Å². The lowest BCUT2D eigenvalue weighted by atomic mass is 10.1. The Hall–Kier alpha value is -1.92. The number of carbonyl (C=O) groups excluding carboxylic acids is 1. The van der Waals surface area contributed by atoms with Crippen LogP contribution in [-0.4, -0.2) is 52.0 Å². The van der Waals surface area contributed by atoms with Crippen molar-refractivity contribution >= 4 is 17.5 Å². The van der Waals surface area contributed by atoms with Crippen molar-refractivity contribution < 1.29 is 9.32 Å². The quantitative estimate of drug-likeness (QED) is 0.835. The van der Waals surface area contributed by atoms with Gasteiger partial charge in [0.1, 0.15) is 0 Å². The van der Waals surface area contributed by atoms with E-state index in [4.69, 9.17) is 16.1 Å². The topological polar surface area (TPSA) is 62.5 Å². The zero-order valence-corrected chi connectivity index (χ0v) is 15.5. The van der Waals surface area contributed by atoms with Gasteiger partial charge in [0.2, 0.25) is 17.6 Å². The Morgan fingerprint density at radius 2 is 1.76 bits per heavy atom. The fraction of sp³-hybridized carbons (Fsp3) is 0.500. The smallest absolute Gasteiger partial charge is 0.244 e. The van der Waals surface area contributed by atoms with Crippen molar-refractivity contribution in [1.29, 1.82) is 0 Å². The summed E-state index contributed by atoms with van der Waals surface area (Å²) in [5.41, 5.74) is 0.874. The first kappa shape index (κ1) is 17.9. The van der Waals surface area contributed by atoms with E-state index in [1.165, 1.54) is 0 Å². The van der Waals surface area contributed by atoms with Crippen LogP contribution in [0.25, 0.3) is 11.4 Å². The zero-order chi connectivity index (χ0) is 18.0. The fourth-order valence-corrected chi connectivity index (χ4v) is 3.10. The first-order valence-corrected chi connectivity index (χ1v) is 8.96. The summed E-state index contributed by atoms with van der Waals surface area (Å²) in [4.78, 5) is 20.8. The van der Waals surface area contributed by atoms with Gasteiger partial charge in [0, 0.05) is 42.7 Å². The zero-order valence-electron chi connectivity index (χ0n) is 14.8. The van der Waals surface area contributed by atoms with E-state index in [2.05, 4.69) is 22.0 Å². The van der Waals surface area contributed by atoms with E-state index < -0.39 is 0 Å². The number of piperazine rings is 1. The molecule has 1 aromatic carbocycles. The largest absolute Gasteiger partial charge is 0.340 e. The minimum Gasteiger partial charge on any atom is -0.340 e. The molecule has 1 aliphatic rings. The van der Waals surface area contributed by atoms with Crippen LogP contribution < -0.4 is 0 Å². The molecule has 1 aliphatic heterocycles. The van der Waals surface area contributed by atoms with E-state index in [-0.39, 0.29) is 17.9 Å². The van der Waals surface area contributed by atoms with Crippen LogP contribution in [0, 0.1) is 5.92 Å². The van der Waals surface area contributed by atoms with Crippen LogP contribution in [0.5, 0.6) is 0 Å². The molecule has 2 aromatic rings. The Labute approximate surface area is 152 Å². The molecule has 0 bridgehead atoms. The van der Waals surface area contributed by atoms with Crippen LogP contribution >= 0.6 is 11.6 Å². The monoisotopic (exact) mass is 362 g/mol. The van der Waals surface area contributed by atoms with Gasteiger partial charge in [-0.3, -0.25) is 9.69 Å².